The van der Waals surface area contributed by atoms with Gasteiger partial charge in [0, 0.05) is 38.8 Å². The van der Waals surface area contributed by atoms with Gasteiger partial charge in [0.1, 0.15) is 0 Å². The van der Waals surface area contributed by atoms with Crippen molar-refractivity contribution in [3.63, 3.8) is 0 Å². The van der Waals surface area contributed by atoms with Crippen molar-refractivity contribution in [2.45, 2.75) is 33.4 Å². The molecule has 3 rings (SSSR count). The summed E-state index contributed by atoms with van der Waals surface area (Å²) in [6.07, 6.45) is 0.814. The van der Waals surface area contributed by atoms with Crippen LogP contribution in [-0.2, 0) is 19.6 Å². The van der Waals surface area contributed by atoms with Crippen LogP contribution in [0.25, 0.3) is 0 Å². The number of aliphatic hydroxyl groups excluding tert-OH is 1. The van der Waals surface area contributed by atoms with Gasteiger partial charge in [-0.25, -0.2) is 0 Å². The topological polar surface area (TPSA) is 69.8 Å². The number of hydrogen-bond acceptors (Lipinski definition) is 5. The molecule has 6 nitrogen and oxygen atoms in total. The number of rotatable bonds is 6. The van der Waals surface area contributed by atoms with Gasteiger partial charge in [-0.1, -0.05) is 43.3 Å². The number of carbonyl (C=O) groups excluding carboxylic acids is 1. The van der Waals surface area contributed by atoms with E-state index in [4.69, 9.17) is 4.52 Å². The lowest BCUT2D eigenvalue weighted by atomic mass is 10.1. The van der Waals surface area contributed by atoms with Crippen LogP contribution in [0.5, 0.6) is 0 Å². The molecule has 1 saturated heterocycles. The van der Waals surface area contributed by atoms with Gasteiger partial charge in [-0.2, -0.15) is 0 Å². The zero-order valence-electron chi connectivity index (χ0n) is 15.5. The number of aromatic nitrogens is 1. The van der Waals surface area contributed by atoms with Gasteiger partial charge in [0.2, 0.25) is 5.76 Å². The van der Waals surface area contributed by atoms with E-state index in [2.05, 4.69) is 23.9 Å². The number of hydrogen-bond donors (Lipinski definition) is 1. The summed E-state index contributed by atoms with van der Waals surface area (Å²) in [5, 5.41) is 13.5. The van der Waals surface area contributed by atoms with E-state index in [1.165, 1.54) is 0 Å². The van der Waals surface area contributed by atoms with Crippen molar-refractivity contribution in [1.29, 1.82) is 0 Å². The molecule has 0 bridgehead atoms. The summed E-state index contributed by atoms with van der Waals surface area (Å²) in [6, 6.07) is 9.71. The predicted molar refractivity (Wildman–Crippen MR) is 98.6 cm³/mol. The van der Waals surface area contributed by atoms with Crippen molar-refractivity contribution < 1.29 is 14.4 Å². The van der Waals surface area contributed by atoms with Crippen molar-refractivity contribution in [2.24, 2.45) is 5.92 Å². The fraction of sp³-hybridized carbons (Fsp3) is 0.500. The lowest BCUT2D eigenvalue weighted by Gasteiger charge is -2.34. The Morgan fingerprint density at radius 2 is 1.88 bits per heavy atom. The molecule has 1 fully saturated rings. The van der Waals surface area contributed by atoms with Crippen LogP contribution in [0.1, 0.15) is 41.2 Å². The van der Waals surface area contributed by atoms with E-state index >= 15 is 0 Å². The third-order valence-electron chi connectivity index (χ3n) is 4.73. The minimum atomic E-state index is -0.0806. The summed E-state index contributed by atoms with van der Waals surface area (Å²) >= 11 is 0. The summed E-state index contributed by atoms with van der Waals surface area (Å²) in [5.74, 6) is 0.732. The molecule has 0 saturated carbocycles. The molecule has 2 heterocycles. The van der Waals surface area contributed by atoms with Crippen LogP contribution < -0.4 is 0 Å². The highest BCUT2D eigenvalue weighted by Crippen LogP contribution is 2.16. The molecule has 2 aromatic rings. The Hall–Kier alpha value is -2.18. The van der Waals surface area contributed by atoms with Crippen molar-refractivity contribution in [3.05, 3.63) is 52.9 Å². The maximum atomic E-state index is 12.6. The number of nitrogens with zero attached hydrogens (tertiary/aromatic N) is 3. The number of aliphatic hydroxyl groups is 1. The van der Waals surface area contributed by atoms with Crippen molar-refractivity contribution >= 4 is 5.91 Å². The lowest BCUT2D eigenvalue weighted by Crippen LogP contribution is -2.48. The Morgan fingerprint density at radius 1 is 1.19 bits per heavy atom. The van der Waals surface area contributed by atoms with Gasteiger partial charge >= 0.3 is 0 Å². The summed E-state index contributed by atoms with van der Waals surface area (Å²) < 4.78 is 5.25. The summed E-state index contributed by atoms with van der Waals surface area (Å²) in [4.78, 5) is 16.7. The molecule has 1 aromatic carbocycles. The van der Waals surface area contributed by atoms with E-state index in [9.17, 15) is 9.90 Å². The van der Waals surface area contributed by atoms with Gasteiger partial charge < -0.3 is 14.5 Å². The van der Waals surface area contributed by atoms with Crippen molar-refractivity contribution in [1.82, 2.24) is 15.0 Å². The summed E-state index contributed by atoms with van der Waals surface area (Å²) in [6.45, 7) is 8.02. The predicted octanol–water partition coefficient (Wildman–Crippen LogP) is 2.32. The highest BCUT2D eigenvalue weighted by atomic mass is 16.5. The minimum absolute atomic E-state index is 0.0544. The van der Waals surface area contributed by atoms with E-state index in [0.29, 0.717) is 24.8 Å². The molecule has 0 spiro atoms. The monoisotopic (exact) mass is 357 g/mol. The molecule has 0 atom stereocenters. The van der Waals surface area contributed by atoms with Gasteiger partial charge in [0.15, 0.2) is 0 Å². The Balaban J connectivity index is 1.54. The second-order valence-electron chi connectivity index (χ2n) is 7.28. The molecule has 0 aliphatic carbocycles. The Morgan fingerprint density at radius 3 is 2.54 bits per heavy atom. The van der Waals surface area contributed by atoms with Crippen LogP contribution in [0, 0.1) is 5.92 Å². The standard InChI is InChI=1S/C20H27N3O3/c1-15(2)11-18-12-19(26-21-18)20(25)23-9-7-22(8-10-23)13-16-5-3-4-6-17(16)14-24/h3-6,12,15,24H,7-11,13-14H2,1-2H3. The molecule has 26 heavy (non-hydrogen) atoms. The summed E-state index contributed by atoms with van der Waals surface area (Å²) in [7, 11) is 0. The molecule has 1 aromatic heterocycles. The van der Waals surface area contributed by atoms with E-state index in [0.717, 1.165) is 42.9 Å². The smallest absolute Gasteiger partial charge is 0.292 e. The molecular formula is C20H27N3O3. The maximum Gasteiger partial charge on any atom is 0.292 e. The highest BCUT2D eigenvalue weighted by Gasteiger charge is 2.25. The molecule has 0 radical (unpaired) electrons. The lowest BCUT2D eigenvalue weighted by molar-refractivity contribution is 0.0588. The zero-order chi connectivity index (χ0) is 18.5. The number of carbonyl (C=O) groups is 1. The van der Waals surface area contributed by atoms with Crippen molar-refractivity contribution in [3.8, 4) is 0 Å². The van der Waals surface area contributed by atoms with Crippen LogP contribution in [0.4, 0.5) is 0 Å². The molecular weight excluding hydrogens is 330 g/mol. The highest BCUT2D eigenvalue weighted by molar-refractivity contribution is 5.91. The van der Waals surface area contributed by atoms with Crippen LogP contribution in [-0.4, -0.2) is 52.1 Å². The zero-order valence-corrected chi connectivity index (χ0v) is 15.5. The van der Waals surface area contributed by atoms with E-state index in [1.807, 2.05) is 29.2 Å². The summed E-state index contributed by atoms with van der Waals surface area (Å²) in [5.41, 5.74) is 2.94. The number of amides is 1. The Kier molecular flexibility index (Phi) is 6.06. The first kappa shape index (κ1) is 18.6. The molecule has 1 N–H and O–H groups in total. The van der Waals surface area contributed by atoms with Crippen molar-refractivity contribution in [2.75, 3.05) is 26.2 Å². The molecule has 0 unspecified atom stereocenters. The van der Waals surface area contributed by atoms with Gasteiger partial charge in [-0.05, 0) is 23.5 Å². The average Bonchev–Trinajstić information content (AvgIpc) is 3.10. The van der Waals surface area contributed by atoms with Gasteiger partial charge in [0.25, 0.3) is 5.91 Å². The third-order valence-corrected chi connectivity index (χ3v) is 4.73. The number of benzene rings is 1. The normalized spacial score (nSPS) is 15.6. The van der Waals surface area contributed by atoms with Crippen LogP contribution in [0.2, 0.25) is 0 Å². The second kappa shape index (κ2) is 8.47. The quantitative estimate of drug-likeness (QED) is 0.859. The third kappa shape index (κ3) is 4.51. The fourth-order valence-corrected chi connectivity index (χ4v) is 3.30. The van der Waals surface area contributed by atoms with Crippen LogP contribution >= 0.6 is 0 Å². The van der Waals surface area contributed by atoms with Gasteiger partial charge in [-0.3, -0.25) is 9.69 Å². The van der Waals surface area contributed by atoms with Gasteiger partial charge in [-0.15, -0.1) is 0 Å². The SMILES string of the molecule is CC(C)Cc1cc(C(=O)N2CCN(Cc3ccccc3CO)CC2)on1. The second-order valence-corrected chi connectivity index (χ2v) is 7.28. The first-order chi connectivity index (χ1) is 12.6. The van der Waals surface area contributed by atoms with Gasteiger partial charge in [0.05, 0.1) is 12.3 Å². The molecule has 1 aliphatic rings. The average molecular weight is 357 g/mol. The van der Waals surface area contributed by atoms with Crippen LogP contribution in [0.3, 0.4) is 0 Å². The van der Waals surface area contributed by atoms with E-state index in [1.54, 1.807) is 6.07 Å². The van der Waals surface area contributed by atoms with E-state index in [-0.39, 0.29) is 12.5 Å². The maximum absolute atomic E-state index is 12.6. The van der Waals surface area contributed by atoms with E-state index < -0.39 is 0 Å². The minimum Gasteiger partial charge on any atom is -0.392 e. The first-order valence-electron chi connectivity index (χ1n) is 9.21. The number of piperazine rings is 1. The Labute approximate surface area is 154 Å². The first-order valence-corrected chi connectivity index (χ1v) is 9.21. The molecule has 1 aliphatic heterocycles. The largest absolute Gasteiger partial charge is 0.392 e. The Bertz CT molecular complexity index is 733. The molecule has 1 amide bonds. The molecule has 6 heteroatoms. The fourth-order valence-electron chi connectivity index (χ4n) is 3.30. The molecule has 140 valence electrons. The van der Waals surface area contributed by atoms with Crippen LogP contribution in [0.15, 0.2) is 34.9 Å².